The third-order valence-corrected chi connectivity index (χ3v) is 1.01. The molecule has 0 radical (unpaired) electrons. The van der Waals surface area contributed by atoms with Gasteiger partial charge in [0, 0.05) is 0 Å². The SMILES string of the molecule is CC(C)(C)OC(=O)C(N)Br. The van der Waals surface area contributed by atoms with Crippen LogP contribution in [0.4, 0.5) is 0 Å². The Morgan fingerprint density at radius 3 is 2.10 bits per heavy atom. The largest absolute Gasteiger partial charge is 0.458 e. The van der Waals surface area contributed by atoms with Crippen molar-refractivity contribution in [2.45, 2.75) is 31.3 Å². The third-order valence-electron chi connectivity index (χ3n) is 0.632. The van der Waals surface area contributed by atoms with Crippen LogP contribution >= 0.6 is 15.9 Å². The van der Waals surface area contributed by atoms with Crippen LogP contribution in [0.3, 0.4) is 0 Å². The molecule has 4 heteroatoms. The van der Waals surface area contributed by atoms with E-state index in [9.17, 15) is 4.79 Å². The maximum atomic E-state index is 10.8. The molecule has 0 heterocycles. The fourth-order valence-electron chi connectivity index (χ4n) is 0.358. The molecule has 0 rings (SSSR count). The summed E-state index contributed by atoms with van der Waals surface area (Å²) in [5.41, 5.74) is 4.73. The van der Waals surface area contributed by atoms with E-state index in [1.807, 2.05) is 0 Å². The maximum Gasteiger partial charge on any atom is 0.334 e. The van der Waals surface area contributed by atoms with Gasteiger partial charge in [-0.15, -0.1) is 0 Å². The predicted octanol–water partition coefficient (Wildman–Crippen LogP) is 1.01. The summed E-state index contributed by atoms with van der Waals surface area (Å²) in [6.07, 6.45) is 0. The van der Waals surface area contributed by atoms with Crippen LogP contribution in [0.5, 0.6) is 0 Å². The van der Waals surface area contributed by atoms with E-state index in [2.05, 4.69) is 15.9 Å². The number of esters is 1. The fourth-order valence-corrected chi connectivity index (χ4v) is 0.452. The Morgan fingerprint density at radius 2 is 2.00 bits per heavy atom. The first-order valence-electron chi connectivity index (χ1n) is 2.95. The smallest absolute Gasteiger partial charge is 0.334 e. The molecule has 0 bridgehead atoms. The van der Waals surface area contributed by atoms with Gasteiger partial charge < -0.3 is 10.5 Å². The van der Waals surface area contributed by atoms with Gasteiger partial charge in [0.1, 0.15) is 5.60 Å². The van der Waals surface area contributed by atoms with Crippen LogP contribution in [0.15, 0.2) is 0 Å². The quantitative estimate of drug-likeness (QED) is 0.399. The molecule has 0 aromatic heterocycles. The zero-order chi connectivity index (χ0) is 8.36. The van der Waals surface area contributed by atoms with Crippen molar-refractivity contribution < 1.29 is 9.53 Å². The Balaban J connectivity index is 3.81. The lowest BCUT2D eigenvalue weighted by Crippen LogP contribution is -2.33. The molecule has 0 spiro atoms. The number of ether oxygens (including phenoxy) is 1. The van der Waals surface area contributed by atoms with Crippen molar-refractivity contribution >= 4 is 21.9 Å². The zero-order valence-electron chi connectivity index (χ0n) is 6.35. The van der Waals surface area contributed by atoms with E-state index in [1.165, 1.54) is 0 Å². The molecule has 0 saturated heterocycles. The Kier molecular flexibility index (Phi) is 3.31. The monoisotopic (exact) mass is 209 g/mol. The minimum absolute atomic E-state index is 0.437. The fraction of sp³-hybridized carbons (Fsp3) is 0.833. The van der Waals surface area contributed by atoms with E-state index in [1.54, 1.807) is 20.8 Å². The molecule has 10 heavy (non-hydrogen) atoms. The highest BCUT2D eigenvalue weighted by Gasteiger charge is 2.19. The highest BCUT2D eigenvalue weighted by atomic mass is 79.9. The van der Waals surface area contributed by atoms with Crippen LogP contribution in [0.1, 0.15) is 20.8 Å². The molecule has 0 aromatic carbocycles. The first-order chi connectivity index (χ1) is 4.33. The predicted molar refractivity (Wildman–Crippen MR) is 42.7 cm³/mol. The van der Waals surface area contributed by atoms with E-state index in [0.29, 0.717) is 0 Å². The van der Waals surface area contributed by atoms with Gasteiger partial charge in [0.05, 0.1) is 0 Å². The summed E-state index contributed by atoms with van der Waals surface area (Å²) in [6, 6.07) is 0. The van der Waals surface area contributed by atoms with Gasteiger partial charge in [-0.3, -0.25) is 0 Å². The van der Waals surface area contributed by atoms with Crippen LogP contribution in [-0.2, 0) is 9.53 Å². The molecule has 60 valence electrons. The molecule has 0 aliphatic heterocycles. The van der Waals surface area contributed by atoms with Crippen molar-refractivity contribution in [2.24, 2.45) is 5.73 Å². The minimum Gasteiger partial charge on any atom is -0.458 e. The first kappa shape index (κ1) is 9.91. The van der Waals surface area contributed by atoms with Gasteiger partial charge in [-0.2, -0.15) is 0 Å². The van der Waals surface area contributed by atoms with Crippen LogP contribution in [0, 0.1) is 0 Å². The maximum absolute atomic E-state index is 10.8. The number of hydrogen-bond acceptors (Lipinski definition) is 3. The lowest BCUT2D eigenvalue weighted by Gasteiger charge is -2.20. The van der Waals surface area contributed by atoms with E-state index in [4.69, 9.17) is 10.5 Å². The number of carbonyl (C=O) groups is 1. The zero-order valence-corrected chi connectivity index (χ0v) is 7.94. The summed E-state index contributed by atoms with van der Waals surface area (Å²) >= 11 is 2.90. The second kappa shape index (κ2) is 3.34. The van der Waals surface area contributed by atoms with Crippen LogP contribution in [-0.4, -0.2) is 16.5 Å². The standard InChI is InChI=1S/C6H12BrNO2/c1-6(2,3)10-5(9)4(7)8/h4H,8H2,1-3H3. The Labute approximate surface area is 69.0 Å². The molecule has 2 N–H and O–H groups in total. The van der Waals surface area contributed by atoms with Gasteiger partial charge in [0.2, 0.25) is 0 Å². The van der Waals surface area contributed by atoms with Crippen LogP contribution in [0.25, 0.3) is 0 Å². The molecule has 0 aliphatic carbocycles. The molecule has 3 nitrogen and oxygen atoms in total. The van der Waals surface area contributed by atoms with Gasteiger partial charge in [0.15, 0.2) is 4.95 Å². The molecular formula is C6H12BrNO2. The molecule has 0 saturated carbocycles. The van der Waals surface area contributed by atoms with Crippen molar-refractivity contribution in [3.63, 3.8) is 0 Å². The van der Waals surface area contributed by atoms with E-state index < -0.39 is 16.5 Å². The number of hydrogen-bond donors (Lipinski definition) is 1. The summed E-state index contributed by atoms with van der Waals surface area (Å²) in [7, 11) is 0. The Morgan fingerprint density at radius 1 is 1.60 bits per heavy atom. The van der Waals surface area contributed by atoms with Crippen molar-refractivity contribution in [1.29, 1.82) is 0 Å². The summed E-state index contributed by atoms with van der Waals surface area (Å²) < 4.78 is 4.89. The first-order valence-corrected chi connectivity index (χ1v) is 3.87. The number of carbonyl (C=O) groups excluding carboxylic acids is 1. The summed E-state index contributed by atoms with van der Waals surface area (Å²) in [4.78, 5) is 10.0. The number of nitrogens with two attached hydrogens (primary N) is 1. The summed E-state index contributed by atoms with van der Waals surface area (Å²) in [6.45, 7) is 5.38. The Bertz CT molecular complexity index is 128. The molecule has 0 aromatic rings. The number of alkyl halides is 1. The molecule has 1 unspecified atom stereocenters. The van der Waals surface area contributed by atoms with Crippen molar-refractivity contribution in [2.75, 3.05) is 0 Å². The third kappa shape index (κ3) is 4.76. The normalized spacial score (nSPS) is 14.5. The highest BCUT2D eigenvalue weighted by molar-refractivity contribution is 9.09. The van der Waals surface area contributed by atoms with Gasteiger partial charge in [-0.25, -0.2) is 4.79 Å². The molecular weight excluding hydrogens is 198 g/mol. The van der Waals surface area contributed by atoms with Gasteiger partial charge in [-0.1, -0.05) is 15.9 Å². The molecule has 0 aliphatic rings. The minimum atomic E-state index is -0.716. The van der Waals surface area contributed by atoms with Crippen molar-refractivity contribution in [3.05, 3.63) is 0 Å². The van der Waals surface area contributed by atoms with Crippen molar-refractivity contribution in [1.82, 2.24) is 0 Å². The lowest BCUT2D eigenvalue weighted by molar-refractivity contribution is -0.153. The molecule has 0 fully saturated rings. The lowest BCUT2D eigenvalue weighted by atomic mass is 10.2. The highest BCUT2D eigenvalue weighted by Crippen LogP contribution is 2.09. The van der Waals surface area contributed by atoms with Gasteiger partial charge in [-0.05, 0) is 20.8 Å². The second-order valence-corrected chi connectivity index (χ2v) is 3.92. The van der Waals surface area contributed by atoms with Crippen LogP contribution in [0.2, 0.25) is 0 Å². The van der Waals surface area contributed by atoms with Gasteiger partial charge >= 0.3 is 5.97 Å². The van der Waals surface area contributed by atoms with E-state index in [0.717, 1.165) is 0 Å². The average molecular weight is 210 g/mol. The number of rotatable bonds is 1. The number of halogens is 1. The Hall–Kier alpha value is -0.0900. The van der Waals surface area contributed by atoms with E-state index >= 15 is 0 Å². The van der Waals surface area contributed by atoms with Crippen LogP contribution < -0.4 is 5.73 Å². The van der Waals surface area contributed by atoms with E-state index in [-0.39, 0.29) is 0 Å². The molecule has 1 atom stereocenters. The van der Waals surface area contributed by atoms with Crippen molar-refractivity contribution in [3.8, 4) is 0 Å². The second-order valence-electron chi connectivity index (χ2n) is 2.94. The summed E-state index contributed by atoms with van der Waals surface area (Å²) in [5, 5.41) is 0. The molecule has 0 amide bonds. The topological polar surface area (TPSA) is 52.3 Å². The average Bonchev–Trinajstić information content (AvgIpc) is 1.60. The van der Waals surface area contributed by atoms with Gasteiger partial charge in [0.25, 0.3) is 0 Å². The summed E-state index contributed by atoms with van der Waals surface area (Å²) in [5.74, 6) is -0.437.